The first-order valence-electron chi connectivity index (χ1n) is 12.0. The molecule has 0 spiro atoms. The van der Waals surface area contributed by atoms with Gasteiger partial charge in [-0.05, 0) is 37.4 Å². The van der Waals surface area contributed by atoms with Crippen LogP contribution in [0.4, 0.5) is 0 Å². The molecule has 2 rings (SSSR count). The maximum atomic E-state index is 13.0. The fourth-order valence-corrected chi connectivity index (χ4v) is 3.73. The number of nitrogens with two attached hydrogens (primary N) is 3. The lowest BCUT2D eigenvalue weighted by Gasteiger charge is -2.21. The van der Waals surface area contributed by atoms with Crippen LogP contribution in [0.3, 0.4) is 0 Å². The summed E-state index contributed by atoms with van der Waals surface area (Å²) in [5, 5.41) is 17.4. The van der Waals surface area contributed by atoms with Crippen molar-refractivity contribution in [2.75, 3.05) is 13.1 Å². The van der Waals surface area contributed by atoms with E-state index in [0.29, 0.717) is 25.8 Å². The van der Waals surface area contributed by atoms with Crippen molar-refractivity contribution in [2.24, 2.45) is 17.2 Å². The van der Waals surface area contributed by atoms with E-state index in [1.165, 1.54) is 0 Å². The molecule has 0 bridgehead atoms. The molecule has 0 aliphatic rings. The molecule has 3 atom stereocenters. The van der Waals surface area contributed by atoms with E-state index >= 15 is 0 Å². The highest BCUT2D eigenvalue weighted by molar-refractivity contribution is 5.93. The van der Waals surface area contributed by atoms with E-state index in [4.69, 9.17) is 17.2 Å². The molecular formula is C24H35N7O6. The lowest BCUT2D eigenvalue weighted by molar-refractivity contribution is -0.142. The monoisotopic (exact) mass is 517 g/mol. The van der Waals surface area contributed by atoms with Gasteiger partial charge in [-0.15, -0.1) is 0 Å². The van der Waals surface area contributed by atoms with Crippen molar-refractivity contribution >= 4 is 40.5 Å². The Labute approximate surface area is 213 Å². The second-order valence-corrected chi connectivity index (χ2v) is 8.70. The molecule has 0 saturated heterocycles. The van der Waals surface area contributed by atoms with E-state index in [1.54, 1.807) is 6.20 Å². The zero-order valence-corrected chi connectivity index (χ0v) is 20.5. The van der Waals surface area contributed by atoms with Gasteiger partial charge in [0.2, 0.25) is 23.6 Å². The number of H-pyrrole nitrogens is 1. The Hall–Kier alpha value is -3.97. The summed E-state index contributed by atoms with van der Waals surface area (Å²) in [7, 11) is 0. The number of amides is 4. The van der Waals surface area contributed by atoms with Crippen LogP contribution in [0.1, 0.15) is 37.7 Å². The summed E-state index contributed by atoms with van der Waals surface area (Å²) in [6.45, 7) is -0.0603. The van der Waals surface area contributed by atoms with E-state index in [0.717, 1.165) is 16.5 Å². The molecule has 0 radical (unpaired) electrons. The number of carbonyl (C=O) groups is 5. The second-order valence-electron chi connectivity index (χ2n) is 8.70. The van der Waals surface area contributed by atoms with Gasteiger partial charge in [0.25, 0.3) is 0 Å². The number of rotatable bonds is 16. The molecule has 11 N–H and O–H groups in total. The lowest BCUT2D eigenvalue weighted by Crippen LogP contribution is -2.54. The number of fused-ring (bicyclic) bond motifs is 1. The first kappa shape index (κ1) is 29.3. The second kappa shape index (κ2) is 14.6. The van der Waals surface area contributed by atoms with Crippen LogP contribution in [0.2, 0.25) is 0 Å². The van der Waals surface area contributed by atoms with Gasteiger partial charge < -0.3 is 43.2 Å². The molecule has 1 aromatic heterocycles. The van der Waals surface area contributed by atoms with Gasteiger partial charge >= 0.3 is 5.97 Å². The van der Waals surface area contributed by atoms with Crippen molar-refractivity contribution in [3.63, 3.8) is 0 Å². The van der Waals surface area contributed by atoms with E-state index < -0.39 is 54.3 Å². The number of nitrogens with one attached hydrogen (secondary N) is 4. The standard InChI is InChI=1S/C24H35N7O6/c25-10-4-3-6-16(26)22(34)31-19(11-14-12-28-17-7-2-1-5-15(14)17)23(35)29-13-21(33)30-18(24(36)37)8-9-20(27)32/h1-2,5,7,12,16,18-19,28H,3-4,6,8-11,13,25-26H2,(H2,27,32)(H,29,35)(H,30,33)(H,31,34)(H,36,37). The van der Waals surface area contributed by atoms with Crippen LogP contribution in [-0.4, -0.2) is 70.9 Å². The number of hydrogen-bond acceptors (Lipinski definition) is 7. The summed E-state index contributed by atoms with van der Waals surface area (Å²) in [5.41, 5.74) is 18.1. The maximum absolute atomic E-state index is 13.0. The minimum Gasteiger partial charge on any atom is -0.480 e. The third-order valence-electron chi connectivity index (χ3n) is 5.77. The van der Waals surface area contributed by atoms with Crippen LogP contribution in [0.5, 0.6) is 0 Å². The van der Waals surface area contributed by atoms with Gasteiger partial charge in [-0.2, -0.15) is 0 Å². The van der Waals surface area contributed by atoms with Crippen molar-refractivity contribution in [3.05, 3.63) is 36.0 Å². The number of aromatic nitrogens is 1. The third-order valence-corrected chi connectivity index (χ3v) is 5.77. The Bertz CT molecular complexity index is 1100. The molecule has 0 saturated carbocycles. The molecular weight excluding hydrogens is 482 g/mol. The maximum Gasteiger partial charge on any atom is 0.326 e. The van der Waals surface area contributed by atoms with Gasteiger partial charge in [0.05, 0.1) is 12.6 Å². The molecule has 1 aromatic carbocycles. The number of benzene rings is 1. The first-order chi connectivity index (χ1) is 17.6. The summed E-state index contributed by atoms with van der Waals surface area (Å²) in [6.07, 6.45) is 3.21. The van der Waals surface area contributed by atoms with E-state index in [2.05, 4.69) is 20.9 Å². The van der Waals surface area contributed by atoms with Crippen LogP contribution < -0.4 is 33.2 Å². The molecule has 13 nitrogen and oxygen atoms in total. The zero-order chi connectivity index (χ0) is 27.4. The summed E-state index contributed by atoms with van der Waals surface area (Å²) in [6, 6.07) is 4.23. The van der Waals surface area contributed by atoms with E-state index in [9.17, 15) is 29.1 Å². The number of primary amides is 1. The molecule has 2 aromatic rings. The van der Waals surface area contributed by atoms with Crippen LogP contribution in [0, 0.1) is 0 Å². The number of unbranched alkanes of at least 4 members (excludes halogenated alkanes) is 1. The highest BCUT2D eigenvalue weighted by atomic mass is 16.4. The Morgan fingerprint density at radius 3 is 2.38 bits per heavy atom. The van der Waals surface area contributed by atoms with Gasteiger partial charge in [-0.25, -0.2) is 4.79 Å². The van der Waals surface area contributed by atoms with Gasteiger partial charge in [0.1, 0.15) is 12.1 Å². The Morgan fingerprint density at radius 2 is 1.70 bits per heavy atom. The normalized spacial score (nSPS) is 13.4. The smallest absolute Gasteiger partial charge is 0.326 e. The minimum atomic E-state index is -1.34. The zero-order valence-electron chi connectivity index (χ0n) is 20.5. The number of carbonyl (C=O) groups excluding carboxylic acids is 4. The largest absolute Gasteiger partial charge is 0.480 e. The quantitative estimate of drug-likeness (QED) is 0.123. The molecule has 0 aliphatic carbocycles. The predicted molar refractivity (Wildman–Crippen MR) is 136 cm³/mol. The number of aliphatic carboxylic acids is 1. The van der Waals surface area contributed by atoms with Gasteiger partial charge in [0, 0.05) is 29.9 Å². The summed E-state index contributed by atoms with van der Waals surface area (Å²) >= 11 is 0. The summed E-state index contributed by atoms with van der Waals surface area (Å²) < 4.78 is 0. The first-order valence-corrected chi connectivity index (χ1v) is 12.0. The van der Waals surface area contributed by atoms with E-state index in [-0.39, 0.29) is 19.3 Å². The van der Waals surface area contributed by atoms with Crippen LogP contribution >= 0.6 is 0 Å². The van der Waals surface area contributed by atoms with Crippen molar-refractivity contribution in [1.29, 1.82) is 0 Å². The number of carboxylic acid groups (broad SMARTS) is 1. The fourth-order valence-electron chi connectivity index (χ4n) is 3.73. The fraction of sp³-hybridized carbons (Fsp3) is 0.458. The van der Waals surface area contributed by atoms with Crippen molar-refractivity contribution in [1.82, 2.24) is 20.9 Å². The molecule has 13 heteroatoms. The molecule has 202 valence electrons. The number of hydrogen-bond donors (Lipinski definition) is 8. The molecule has 0 aliphatic heterocycles. The number of para-hydroxylation sites is 1. The van der Waals surface area contributed by atoms with Crippen LogP contribution in [-0.2, 0) is 30.4 Å². The topological polar surface area (TPSA) is 236 Å². The molecule has 37 heavy (non-hydrogen) atoms. The Balaban J connectivity index is 2.07. The van der Waals surface area contributed by atoms with Crippen molar-refractivity contribution in [3.8, 4) is 0 Å². The van der Waals surface area contributed by atoms with Crippen molar-refractivity contribution in [2.45, 2.75) is 56.7 Å². The summed E-state index contributed by atoms with van der Waals surface area (Å²) in [4.78, 5) is 63.4. The molecule has 4 amide bonds. The van der Waals surface area contributed by atoms with Gasteiger partial charge in [-0.3, -0.25) is 19.2 Å². The average molecular weight is 518 g/mol. The third kappa shape index (κ3) is 9.54. The number of aromatic amines is 1. The highest BCUT2D eigenvalue weighted by Crippen LogP contribution is 2.19. The molecule has 1 heterocycles. The van der Waals surface area contributed by atoms with Crippen LogP contribution in [0.25, 0.3) is 10.9 Å². The Kier molecular flexibility index (Phi) is 11.5. The molecule has 3 unspecified atom stereocenters. The number of carboxylic acids is 1. The SMILES string of the molecule is NCCCCC(N)C(=O)NC(Cc1c[nH]c2ccccc12)C(=O)NCC(=O)NC(CCC(N)=O)C(=O)O. The Morgan fingerprint density at radius 1 is 0.973 bits per heavy atom. The van der Waals surface area contributed by atoms with Crippen molar-refractivity contribution < 1.29 is 29.1 Å². The molecule has 0 fully saturated rings. The predicted octanol–water partition coefficient (Wildman–Crippen LogP) is -1.40. The van der Waals surface area contributed by atoms with Gasteiger partial charge in [-0.1, -0.05) is 24.6 Å². The van der Waals surface area contributed by atoms with E-state index in [1.807, 2.05) is 24.3 Å². The summed E-state index contributed by atoms with van der Waals surface area (Å²) in [5.74, 6) is -3.98. The minimum absolute atomic E-state index is 0.120. The van der Waals surface area contributed by atoms with Crippen LogP contribution in [0.15, 0.2) is 30.5 Å². The highest BCUT2D eigenvalue weighted by Gasteiger charge is 2.26. The van der Waals surface area contributed by atoms with Gasteiger partial charge in [0.15, 0.2) is 0 Å². The lowest BCUT2D eigenvalue weighted by atomic mass is 10.0. The average Bonchev–Trinajstić information content (AvgIpc) is 3.27.